The van der Waals surface area contributed by atoms with E-state index in [0.29, 0.717) is 19.6 Å². The maximum absolute atomic E-state index is 12.6. The van der Waals surface area contributed by atoms with E-state index in [1.54, 1.807) is 6.92 Å². The Kier molecular flexibility index (Phi) is 4.85. The van der Waals surface area contributed by atoms with Crippen molar-refractivity contribution in [2.24, 2.45) is 11.8 Å². The quantitative estimate of drug-likeness (QED) is 0.911. The molecule has 1 fully saturated rings. The van der Waals surface area contributed by atoms with Gasteiger partial charge in [-0.15, -0.1) is 0 Å². The molecule has 1 N–H and O–H groups in total. The number of benzene rings is 1. The number of hydrogen-bond donors (Lipinski definition) is 1. The summed E-state index contributed by atoms with van der Waals surface area (Å²) in [6.45, 7) is 3.44. The smallest absolute Gasteiger partial charge is 0.339 e. The maximum Gasteiger partial charge on any atom is 0.391 e. The highest BCUT2D eigenvalue weighted by Gasteiger charge is 2.47. The second kappa shape index (κ2) is 6.75. The zero-order chi connectivity index (χ0) is 17.3. The Balaban J connectivity index is 1.61. The molecular weight excluding hydrogens is 317 g/mol. The molecule has 0 radical (unpaired) electrons. The van der Waals surface area contributed by atoms with Crippen LogP contribution in [0.4, 0.5) is 13.2 Å². The van der Waals surface area contributed by atoms with Gasteiger partial charge in [0.05, 0.1) is 5.92 Å². The van der Waals surface area contributed by atoms with Crippen molar-refractivity contribution in [3.63, 3.8) is 0 Å². The Hall–Kier alpha value is -1.56. The first-order valence-electron chi connectivity index (χ1n) is 8.48. The summed E-state index contributed by atoms with van der Waals surface area (Å²) in [5, 5.41) is 3.45. The Morgan fingerprint density at radius 3 is 2.67 bits per heavy atom. The zero-order valence-electron chi connectivity index (χ0n) is 13.8. The topological polar surface area (TPSA) is 32.3 Å². The summed E-state index contributed by atoms with van der Waals surface area (Å²) in [6, 6.07) is 8.10. The molecule has 6 heteroatoms. The van der Waals surface area contributed by atoms with Gasteiger partial charge in [-0.25, -0.2) is 0 Å². The van der Waals surface area contributed by atoms with Crippen LogP contribution in [0.15, 0.2) is 24.3 Å². The van der Waals surface area contributed by atoms with E-state index < -0.39 is 12.1 Å². The number of carbonyl (C=O) groups excluding carboxylic acids is 1. The first-order chi connectivity index (χ1) is 11.3. The molecule has 132 valence electrons. The molecule has 0 saturated heterocycles. The molecule has 2 aliphatic rings. The zero-order valence-corrected chi connectivity index (χ0v) is 13.8. The molecule has 1 saturated carbocycles. The van der Waals surface area contributed by atoms with Gasteiger partial charge in [0.25, 0.3) is 0 Å². The molecule has 1 aromatic rings. The molecule has 1 atom stereocenters. The van der Waals surface area contributed by atoms with Gasteiger partial charge in [-0.3, -0.25) is 4.79 Å². The summed E-state index contributed by atoms with van der Waals surface area (Å²) in [4.78, 5) is 13.5. The van der Waals surface area contributed by atoms with Crippen LogP contribution in [0.5, 0.6) is 0 Å². The maximum atomic E-state index is 12.6. The minimum atomic E-state index is -4.05. The summed E-state index contributed by atoms with van der Waals surface area (Å²) in [6.07, 6.45) is -2.81. The van der Waals surface area contributed by atoms with Crippen LogP contribution in [0.3, 0.4) is 0 Å². The highest BCUT2D eigenvalue weighted by molar-refractivity contribution is 5.73. The van der Waals surface area contributed by atoms with Crippen molar-refractivity contribution < 1.29 is 18.0 Å². The largest absolute Gasteiger partial charge is 0.391 e. The third-order valence-electron chi connectivity index (χ3n) is 5.28. The molecule has 24 heavy (non-hydrogen) atoms. The Labute approximate surface area is 140 Å². The summed E-state index contributed by atoms with van der Waals surface area (Å²) < 4.78 is 37.7. The first kappa shape index (κ1) is 17.3. The highest BCUT2D eigenvalue weighted by Crippen LogP contribution is 2.44. The third kappa shape index (κ3) is 3.74. The fourth-order valence-corrected chi connectivity index (χ4v) is 3.70. The molecular formula is C18H23F3N2O. The lowest BCUT2D eigenvalue weighted by atomic mass is 9.74. The Morgan fingerprint density at radius 2 is 2.00 bits per heavy atom. The van der Waals surface area contributed by atoms with Crippen LogP contribution in [0.25, 0.3) is 0 Å². The van der Waals surface area contributed by atoms with Gasteiger partial charge >= 0.3 is 6.18 Å². The van der Waals surface area contributed by atoms with Crippen molar-refractivity contribution in [1.82, 2.24) is 10.2 Å². The summed E-state index contributed by atoms with van der Waals surface area (Å²) in [5.74, 6) is -0.979. The Morgan fingerprint density at radius 1 is 1.29 bits per heavy atom. The fraction of sp³-hybridized carbons (Fsp3) is 0.611. The van der Waals surface area contributed by atoms with Crippen LogP contribution in [0.1, 0.15) is 43.4 Å². The second-order valence-electron chi connectivity index (χ2n) is 6.96. The van der Waals surface area contributed by atoms with Crippen LogP contribution in [0, 0.1) is 11.8 Å². The lowest BCUT2D eigenvalue weighted by molar-refractivity contribution is -0.204. The van der Waals surface area contributed by atoms with Crippen molar-refractivity contribution in [2.75, 3.05) is 13.1 Å². The average molecular weight is 340 g/mol. The number of amides is 1. The third-order valence-corrected chi connectivity index (χ3v) is 5.28. The van der Waals surface area contributed by atoms with E-state index in [1.807, 2.05) is 23.1 Å². The Bertz CT molecular complexity index is 596. The van der Waals surface area contributed by atoms with Crippen molar-refractivity contribution >= 4 is 5.91 Å². The SMILES string of the molecule is CC(=O)N1CCC(NCC2CC(C(F)(F)F)C2)c2ccccc2C1. The molecule has 0 bridgehead atoms. The van der Waals surface area contributed by atoms with Crippen molar-refractivity contribution in [2.45, 2.75) is 44.9 Å². The minimum Gasteiger partial charge on any atom is -0.339 e. The van der Waals surface area contributed by atoms with E-state index in [2.05, 4.69) is 11.4 Å². The molecule has 0 spiro atoms. The van der Waals surface area contributed by atoms with Gasteiger partial charge in [0.1, 0.15) is 0 Å². The van der Waals surface area contributed by atoms with E-state index in [1.165, 1.54) is 0 Å². The number of alkyl halides is 3. The van der Waals surface area contributed by atoms with Gasteiger partial charge < -0.3 is 10.2 Å². The van der Waals surface area contributed by atoms with Gasteiger partial charge in [0.2, 0.25) is 5.91 Å². The van der Waals surface area contributed by atoms with Crippen molar-refractivity contribution in [3.8, 4) is 0 Å². The lowest BCUT2D eigenvalue weighted by Crippen LogP contribution is -2.41. The number of rotatable bonds is 3. The number of nitrogens with one attached hydrogen (secondary N) is 1. The number of halogens is 3. The number of carbonyl (C=O) groups is 1. The molecule has 1 aliphatic heterocycles. The molecule has 1 aromatic carbocycles. The normalized spacial score (nSPS) is 27.2. The lowest BCUT2D eigenvalue weighted by Gasteiger charge is -2.37. The molecule has 3 rings (SSSR count). The number of nitrogens with zero attached hydrogens (tertiary/aromatic N) is 1. The summed E-state index contributed by atoms with van der Waals surface area (Å²) in [5.41, 5.74) is 2.28. The fourth-order valence-electron chi connectivity index (χ4n) is 3.70. The summed E-state index contributed by atoms with van der Waals surface area (Å²) in [7, 11) is 0. The van der Waals surface area contributed by atoms with Crippen LogP contribution >= 0.6 is 0 Å². The first-order valence-corrected chi connectivity index (χ1v) is 8.48. The van der Waals surface area contributed by atoms with Crippen LogP contribution < -0.4 is 5.32 Å². The van der Waals surface area contributed by atoms with E-state index in [-0.39, 0.29) is 30.7 Å². The average Bonchev–Trinajstić information content (AvgIpc) is 2.64. The van der Waals surface area contributed by atoms with E-state index in [9.17, 15) is 18.0 Å². The van der Waals surface area contributed by atoms with Gasteiger partial charge in [0, 0.05) is 26.1 Å². The van der Waals surface area contributed by atoms with E-state index in [0.717, 1.165) is 17.5 Å². The molecule has 0 aromatic heterocycles. The van der Waals surface area contributed by atoms with E-state index in [4.69, 9.17) is 0 Å². The highest BCUT2D eigenvalue weighted by atomic mass is 19.4. The number of fused-ring (bicyclic) bond motifs is 1. The standard InChI is InChI=1S/C18H23F3N2O/c1-12(24)23-7-6-17(16-5-3-2-4-14(16)11-23)22-10-13-8-15(9-13)18(19,20)21/h2-5,13,15,17,22H,6-11H2,1H3. The van der Waals surface area contributed by atoms with Crippen LogP contribution in [-0.4, -0.2) is 30.1 Å². The molecule has 1 unspecified atom stereocenters. The van der Waals surface area contributed by atoms with Gasteiger partial charge in [-0.2, -0.15) is 13.2 Å². The predicted octanol–water partition coefficient (Wildman–Crippen LogP) is 3.66. The van der Waals surface area contributed by atoms with Crippen molar-refractivity contribution in [3.05, 3.63) is 35.4 Å². The van der Waals surface area contributed by atoms with Crippen molar-refractivity contribution in [1.29, 1.82) is 0 Å². The summed E-state index contributed by atoms with van der Waals surface area (Å²) >= 11 is 0. The molecule has 1 aliphatic carbocycles. The van der Waals surface area contributed by atoms with Crippen LogP contribution in [0.2, 0.25) is 0 Å². The monoisotopic (exact) mass is 340 g/mol. The molecule has 1 amide bonds. The van der Waals surface area contributed by atoms with E-state index >= 15 is 0 Å². The van der Waals surface area contributed by atoms with Gasteiger partial charge in [-0.05, 0) is 42.9 Å². The predicted molar refractivity (Wildman–Crippen MR) is 85.2 cm³/mol. The second-order valence-corrected chi connectivity index (χ2v) is 6.96. The number of hydrogen-bond acceptors (Lipinski definition) is 2. The minimum absolute atomic E-state index is 0.0532. The van der Waals surface area contributed by atoms with Crippen LogP contribution in [-0.2, 0) is 11.3 Å². The van der Waals surface area contributed by atoms with Gasteiger partial charge in [0.15, 0.2) is 0 Å². The van der Waals surface area contributed by atoms with Gasteiger partial charge in [-0.1, -0.05) is 24.3 Å². The molecule has 1 heterocycles. The molecule has 3 nitrogen and oxygen atoms in total.